The van der Waals surface area contributed by atoms with Gasteiger partial charge in [0.2, 0.25) is 0 Å². The lowest BCUT2D eigenvalue weighted by Crippen LogP contribution is -2.58. The smallest absolute Gasteiger partial charge is 0.419 e. The maximum atomic E-state index is 14.1. The number of hydrogen-bond donors (Lipinski definition) is 4. The number of aliphatic hydroxyl groups is 1. The van der Waals surface area contributed by atoms with Gasteiger partial charge in [0.25, 0.3) is 5.91 Å². The summed E-state index contributed by atoms with van der Waals surface area (Å²) in [6.45, 7) is 1.54. The molecule has 2 aromatic carbocycles. The molecule has 3 unspecified atom stereocenters. The van der Waals surface area contributed by atoms with Gasteiger partial charge in [0, 0.05) is 5.56 Å². The van der Waals surface area contributed by atoms with Crippen molar-refractivity contribution in [3.8, 4) is 11.4 Å². The van der Waals surface area contributed by atoms with Crippen LogP contribution in [0.3, 0.4) is 0 Å². The highest BCUT2D eigenvalue weighted by Gasteiger charge is 2.62. The second-order valence-electron chi connectivity index (χ2n) is 8.37. The standard InChI is InChI=1S/C23H21F5N4O3/c1-2-11-9-22(35,23(26,27)28)19(14-7-8-16(25)18(33)17(11)14)31-21(34)15-10-30-32(20(15)29)13-5-3-12(24)4-6-13/h3-8,10-11,19,33,35H,2,9,29H2,1H3,(H,31,34). The van der Waals surface area contributed by atoms with Crippen molar-refractivity contribution in [2.75, 3.05) is 5.73 Å². The highest BCUT2D eigenvalue weighted by molar-refractivity contribution is 5.98. The third-order valence-electron chi connectivity index (χ3n) is 6.34. The van der Waals surface area contributed by atoms with Crippen molar-refractivity contribution in [1.29, 1.82) is 0 Å². The predicted molar refractivity (Wildman–Crippen MR) is 115 cm³/mol. The minimum absolute atomic E-state index is 0.0699. The minimum Gasteiger partial charge on any atom is -0.505 e. The van der Waals surface area contributed by atoms with E-state index in [2.05, 4.69) is 10.4 Å². The molecule has 0 bridgehead atoms. The van der Waals surface area contributed by atoms with Crippen LogP contribution in [0.5, 0.6) is 5.75 Å². The number of halogens is 5. The van der Waals surface area contributed by atoms with Crippen LogP contribution in [0.1, 0.15) is 53.2 Å². The molecule has 3 aromatic rings. The Morgan fingerprint density at radius 3 is 2.49 bits per heavy atom. The Bertz CT molecular complexity index is 1280. The quantitative estimate of drug-likeness (QED) is 0.406. The van der Waals surface area contributed by atoms with E-state index in [0.29, 0.717) is 5.69 Å². The molecular weight excluding hydrogens is 475 g/mol. The van der Waals surface area contributed by atoms with Crippen LogP contribution < -0.4 is 11.1 Å². The van der Waals surface area contributed by atoms with E-state index >= 15 is 0 Å². The molecule has 1 aliphatic carbocycles. The Labute approximate surface area is 196 Å². The molecule has 0 saturated heterocycles. The number of aromatic hydroxyl groups is 1. The van der Waals surface area contributed by atoms with Gasteiger partial charge in [-0.25, -0.2) is 13.5 Å². The number of phenolic OH excluding ortho intramolecular Hbond substituents is 1. The molecule has 12 heteroatoms. The normalized spacial score (nSPS) is 22.0. The van der Waals surface area contributed by atoms with Gasteiger partial charge in [0.05, 0.1) is 17.9 Å². The average Bonchev–Trinajstić information content (AvgIpc) is 3.18. The first-order chi connectivity index (χ1) is 16.4. The van der Waals surface area contributed by atoms with Gasteiger partial charge in [0.1, 0.15) is 17.2 Å². The lowest BCUT2D eigenvalue weighted by molar-refractivity contribution is -0.277. The van der Waals surface area contributed by atoms with E-state index < -0.39 is 53.4 Å². The summed E-state index contributed by atoms with van der Waals surface area (Å²) in [4.78, 5) is 13.0. The van der Waals surface area contributed by atoms with Crippen LogP contribution >= 0.6 is 0 Å². The first kappa shape index (κ1) is 24.5. The highest BCUT2D eigenvalue weighted by atomic mass is 19.4. The lowest BCUT2D eigenvalue weighted by atomic mass is 9.69. The van der Waals surface area contributed by atoms with Crippen LogP contribution in [0.2, 0.25) is 0 Å². The maximum Gasteiger partial charge on any atom is 0.419 e. The SMILES string of the molecule is CCC1CC(O)(C(F)(F)F)C(NC(=O)c2cnn(-c3ccc(F)cc3)c2N)c2ccc(F)c(O)c21. The third kappa shape index (κ3) is 3.97. The number of rotatable bonds is 4. The van der Waals surface area contributed by atoms with Gasteiger partial charge >= 0.3 is 6.18 Å². The maximum absolute atomic E-state index is 14.1. The molecule has 35 heavy (non-hydrogen) atoms. The van der Waals surface area contributed by atoms with Gasteiger partial charge in [-0.05, 0) is 54.7 Å². The zero-order valence-corrected chi connectivity index (χ0v) is 18.3. The fourth-order valence-corrected chi connectivity index (χ4v) is 4.49. The summed E-state index contributed by atoms with van der Waals surface area (Å²) in [5.41, 5.74) is 2.19. The van der Waals surface area contributed by atoms with Crippen molar-refractivity contribution in [3.63, 3.8) is 0 Å². The van der Waals surface area contributed by atoms with Crippen molar-refractivity contribution < 1.29 is 37.0 Å². The van der Waals surface area contributed by atoms with E-state index in [1.165, 1.54) is 12.1 Å². The second-order valence-corrected chi connectivity index (χ2v) is 8.37. The van der Waals surface area contributed by atoms with Gasteiger partial charge in [-0.1, -0.05) is 13.0 Å². The van der Waals surface area contributed by atoms with Crippen LogP contribution in [0, 0.1) is 11.6 Å². The predicted octanol–water partition coefficient (Wildman–Crippen LogP) is 4.10. The molecule has 4 rings (SSSR count). The summed E-state index contributed by atoms with van der Waals surface area (Å²) in [6.07, 6.45) is -5.00. The van der Waals surface area contributed by atoms with Crippen LogP contribution in [0.4, 0.5) is 27.8 Å². The molecule has 1 amide bonds. The zero-order valence-electron chi connectivity index (χ0n) is 18.3. The number of carbonyl (C=O) groups excluding carboxylic acids is 1. The van der Waals surface area contributed by atoms with E-state index in [9.17, 15) is 37.0 Å². The van der Waals surface area contributed by atoms with Gasteiger partial charge < -0.3 is 21.3 Å². The van der Waals surface area contributed by atoms with Gasteiger partial charge in [-0.15, -0.1) is 0 Å². The van der Waals surface area contributed by atoms with Crippen LogP contribution in [-0.4, -0.2) is 37.7 Å². The number of alkyl halides is 3. The molecule has 0 aliphatic heterocycles. The summed E-state index contributed by atoms with van der Waals surface area (Å²) in [5, 5.41) is 27.2. The van der Waals surface area contributed by atoms with Crippen LogP contribution in [-0.2, 0) is 0 Å². The second kappa shape index (κ2) is 8.52. The van der Waals surface area contributed by atoms with Crippen molar-refractivity contribution >= 4 is 11.7 Å². The Morgan fingerprint density at radius 2 is 1.89 bits per heavy atom. The number of benzene rings is 2. The molecule has 1 heterocycles. The third-order valence-corrected chi connectivity index (χ3v) is 6.34. The minimum atomic E-state index is -5.18. The van der Waals surface area contributed by atoms with Gasteiger partial charge in [0.15, 0.2) is 17.2 Å². The van der Waals surface area contributed by atoms with Crippen molar-refractivity contribution in [2.45, 2.75) is 43.5 Å². The van der Waals surface area contributed by atoms with Gasteiger partial charge in [-0.3, -0.25) is 4.79 Å². The Balaban J connectivity index is 1.77. The molecular formula is C23H21F5N4O3. The molecule has 0 radical (unpaired) electrons. The number of nitrogens with zero attached hydrogens (tertiary/aromatic N) is 2. The number of hydrogen-bond acceptors (Lipinski definition) is 5. The molecule has 0 saturated carbocycles. The molecule has 0 spiro atoms. The number of amides is 1. The molecule has 1 aliphatic rings. The number of nitrogens with one attached hydrogen (secondary N) is 1. The molecule has 5 N–H and O–H groups in total. The summed E-state index contributed by atoms with van der Waals surface area (Å²) in [6, 6.07) is 4.63. The van der Waals surface area contributed by atoms with Crippen LogP contribution in [0.25, 0.3) is 5.69 Å². The number of nitrogens with two attached hydrogens (primary N) is 1. The van der Waals surface area contributed by atoms with E-state index in [1.54, 1.807) is 6.92 Å². The number of nitrogen functional groups attached to an aromatic ring is 1. The first-order valence-electron chi connectivity index (χ1n) is 10.6. The number of carbonyl (C=O) groups is 1. The van der Waals surface area contributed by atoms with E-state index in [-0.39, 0.29) is 28.9 Å². The topological polar surface area (TPSA) is 113 Å². The highest BCUT2D eigenvalue weighted by Crippen LogP contribution is 2.54. The Hall–Kier alpha value is -3.67. The molecule has 3 atom stereocenters. The molecule has 1 aromatic heterocycles. The Morgan fingerprint density at radius 1 is 1.23 bits per heavy atom. The zero-order chi connectivity index (χ0) is 25.7. The van der Waals surface area contributed by atoms with Crippen molar-refractivity contribution in [3.05, 3.63) is 70.9 Å². The van der Waals surface area contributed by atoms with E-state index in [0.717, 1.165) is 35.1 Å². The molecule has 7 nitrogen and oxygen atoms in total. The average molecular weight is 496 g/mol. The summed E-state index contributed by atoms with van der Waals surface area (Å²) in [5.74, 6) is -4.74. The lowest BCUT2D eigenvalue weighted by Gasteiger charge is -2.45. The number of aromatic nitrogens is 2. The largest absolute Gasteiger partial charge is 0.505 e. The van der Waals surface area contributed by atoms with E-state index in [4.69, 9.17) is 5.73 Å². The number of anilines is 1. The fraction of sp³-hybridized carbons (Fsp3) is 0.304. The Kier molecular flexibility index (Phi) is 5.95. The van der Waals surface area contributed by atoms with Gasteiger partial charge in [-0.2, -0.15) is 18.3 Å². The molecule has 0 fully saturated rings. The number of fused-ring (bicyclic) bond motifs is 1. The molecule has 186 valence electrons. The monoisotopic (exact) mass is 496 g/mol. The summed E-state index contributed by atoms with van der Waals surface area (Å²) >= 11 is 0. The van der Waals surface area contributed by atoms with Crippen molar-refractivity contribution in [1.82, 2.24) is 15.1 Å². The summed E-state index contributed by atoms with van der Waals surface area (Å²) in [7, 11) is 0. The fourth-order valence-electron chi connectivity index (χ4n) is 4.49. The van der Waals surface area contributed by atoms with Crippen LogP contribution in [0.15, 0.2) is 42.6 Å². The summed E-state index contributed by atoms with van der Waals surface area (Å²) < 4.78 is 70.8. The van der Waals surface area contributed by atoms with E-state index in [1.807, 2.05) is 0 Å². The number of phenols is 1. The van der Waals surface area contributed by atoms with Crippen molar-refractivity contribution in [2.24, 2.45) is 0 Å². The first-order valence-corrected chi connectivity index (χ1v) is 10.6.